The maximum atomic E-state index is 6.92. The molecule has 2 aromatic heterocycles. The Morgan fingerprint density at radius 1 is 0.407 bits per heavy atom. The minimum Gasteiger partial charge on any atom is -0.455 e. The third kappa shape index (κ3) is 4.60. The molecule has 2 heterocycles. The Balaban J connectivity index is 1.19. The summed E-state index contributed by atoms with van der Waals surface area (Å²) in [6.07, 6.45) is 0. The van der Waals surface area contributed by atoms with Gasteiger partial charge in [0.1, 0.15) is 11.2 Å². The van der Waals surface area contributed by atoms with Crippen LogP contribution in [0.5, 0.6) is 0 Å². The van der Waals surface area contributed by atoms with E-state index in [4.69, 9.17) is 19.4 Å². The molecule has 0 radical (unpaired) electrons. The third-order valence-corrected chi connectivity index (χ3v) is 11.3. The van der Waals surface area contributed by atoms with Crippen LogP contribution in [0.15, 0.2) is 168 Å². The lowest BCUT2D eigenvalue weighted by molar-refractivity contribution is 0.660. The van der Waals surface area contributed by atoms with Gasteiger partial charge in [0, 0.05) is 38.4 Å². The molecule has 0 spiro atoms. The average molecular weight is 692 g/mol. The molecule has 0 atom stereocenters. The largest absolute Gasteiger partial charge is 0.455 e. The van der Waals surface area contributed by atoms with Gasteiger partial charge in [-0.3, -0.25) is 0 Å². The number of hydrogen-bond donors (Lipinski definition) is 0. The van der Waals surface area contributed by atoms with E-state index >= 15 is 0 Å². The smallest absolute Gasteiger partial charge is 0.164 e. The van der Waals surface area contributed by atoms with Crippen molar-refractivity contribution < 1.29 is 4.42 Å². The highest BCUT2D eigenvalue weighted by atomic mass is 16.3. The Morgan fingerprint density at radius 2 is 1.02 bits per heavy atom. The molecule has 0 saturated heterocycles. The molecule has 1 aliphatic carbocycles. The molecular weight excluding hydrogens is 659 g/mol. The van der Waals surface area contributed by atoms with Gasteiger partial charge in [-0.25, -0.2) is 15.0 Å². The lowest BCUT2D eigenvalue weighted by atomic mass is 9.82. The molecule has 0 bridgehead atoms. The molecule has 0 fully saturated rings. The van der Waals surface area contributed by atoms with E-state index in [0.717, 1.165) is 60.5 Å². The van der Waals surface area contributed by atoms with E-state index in [2.05, 4.69) is 159 Å². The van der Waals surface area contributed by atoms with Crippen LogP contribution in [-0.2, 0) is 5.41 Å². The minimum absolute atomic E-state index is 0.151. The van der Waals surface area contributed by atoms with Crippen molar-refractivity contribution in [1.29, 1.82) is 0 Å². The minimum atomic E-state index is -0.151. The summed E-state index contributed by atoms with van der Waals surface area (Å²) in [5.41, 5.74) is 11.6. The second-order valence-corrected chi connectivity index (χ2v) is 14.8. The first kappa shape index (κ1) is 30.7. The Labute approximate surface area is 312 Å². The van der Waals surface area contributed by atoms with Gasteiger partial charge in [0.25, 0.3) is 0 Å². The Bertz CT molecular complexity index is 3130. The van der Waals surface area contributed by atoms with Gasteiger partial charge < -0.3 is 4.42 Å². The third-order valence-electron chi connectivity index (χ3n) is 11.3. The van der Waals surface area contributed by atoms with Gasteiger partial charge in [-0.2, -0.15) is 0 Å². The maximum absolute atomic E-state index is 6.92. The van der Waals surface area contributed by atoms with Gasteiger partial charge in [0.05, 0.1) is 0 Å². The number of rotatable bonds is 4. The van der Waals surface area contributed by atoms with Gasteiger partial charge in [-0.1, -0.05) is 147 Å². The first-order valence-corrected chi connectivity index (χ1v) is 18.4. The van der Waals surface area contributed by atoms with Gasteiger partial charge in [0.2, 0.25) is 0 Å². The summed E-state index contributed by atoms with van der Waals surface area (Å²) in [7, 11) is 0. The van der Waals surface area contributed by atoms with E-state index in [0.29, 0.717) is 17.5 Å². The van der Waals surface area contributed by atoms with Crippen LogP contribution >= 0.6 is 0 Å². The highest BCUT2D eigenvalue weighted by Gasteiger charge is 2.35. The fraction of sp³-hybridized carbons (Fsp3) is 0.0600. The van der Waals surface area contributed by atoms with Crippen molar-refractivity contribution in [2.75, 3.05) is 0 Å². The van der Waals surface area contributed by atoms with E-state index in [1.54, 1.807) is 0 Å². The van der Waals surface area contributed by atoms with E-state index < -0.39 is 0 Å². The molecule has 4 nitrogen and oxygen atoms in total. The number of nitrogens with zero attached hydrogens (tertiary/aromatic N) is 3. The Kier molecular flexibility index (Phi) is 6.56. The highest BCUT2D eigenvalue weighted by molar-refractivity contribution is 6.19. The van der Waals surface area contributed by atoms with E-state index in [9.17, 15) is 0 Å². The molecule has 8 aromatic carbocycles. The summed E-state index contributed by atoms with van der Waals surface area (Å²) < 4.78 is 6.92. The fourth-order valence-electron chi connectivity index (χ4n) is 8.61. The zero-order chi connectivity index (χ0) is 36.0. The van der Waals surface area contributed by atoms with Crippen molar-refractivity contribution in [3.8, 4) is 56.4 Å². The van der Waals surface area contributed by atoms with Gasteiger partial charge >= 0.3 is 0 Å². The van der Waals surface area contributed by atoms with Crippen LogP contribution in [0.4, 0.5) is 0 Å². The van der Waals surface area contributed by atoms with Crippen LogP contribution in [0.25, 0.3) is 99.9 Å². The zero-order valence-corrected chi connectivity index (χ0v) is 29.8. The molecule has 1 aliphatic rings. The molecular formula is C50H33N3O. The molecule has 0 amide bonds. The maximum Gasteiger partial charge on any atom is 0.164 e. The lowest BCUT2D eigenvalue weighted by Gasteiger charge is -2.21. The average Bonchev–Trinajstić information content (AvgIpc) is 3.71. The summed E-state index contributed by atoms with van der Waals surface area (Å²) in [5, 5.41) is 6.66. The van der Waals surface area contributed by atoms with Crippen LogP contribution in [-0.4, -0.2) is 15.0 Å². The summed E-state index contributed by atoms with van der Waals surface area (Å²) in [6.45, 7) is 4.61. The van der Waals surface area contributed by atoms with Gasteiger partial charge in [0.15, 0.2) is 17.5 Å². The predicted octanol–water partition coefficient (Wildman–Crippen LogP) is 13.1. The molecule has 0 saturated carbocycles. The standard InChI is InChI=1S/C50H33N3O/c1-50(2)42-22-11-10-20-37(42)38-24-23-34(28-43(38)50)48-51-47(31-14-4-3-5-15-31)52-49(53-48)40-26-25-39(36-21-12-18-30-13-8-9-19-35(30)36)46-45(40)41-27-32-16-6-7-17-33(32)29-44(41)54-46/h3-29H,1-2H3. The van der Waals surface area contributed by atoms with Crippen molar-refractivity contribution in [3.63, 3.8) is 0 Å². The van der Waals surface area contributed by atoms with Crippen LogP contribution in [0.2, 0.25) is 0 Å². The van der Waals surface area contributed by atoms with Crippen molar-refractivity contribution in [2.24, 2.45) is 0 Å². The summed E-state index contributed by atoms with van der Waals surface area (Å²) in [6, 6.07) is 57.7. The first-order chi connectivity index (χ1) is 26.5. The van der Waals surface area contributed by atoms with Crippen molar-refractivity contribution >= 4 is 43.5 Å². The normalized spacial score (nSPS) is 13.1. The summed E-state index contributed by atoms with van der Waals surface area (Å²) in [4.78, 5) is 15.7. The van der Waals surface area contributed by atoms with Crippen molar-refractivity contribution in [2.45, 2.75) is 19.3 Å². The molecule has 0 N–H and O–H groups in total. The lowest BCUT2D eigenvalue weighted by Crippen LogP contribution is -2.15. The zero-order valence-electron chi connectivity index (χ0n) is 29.8. The van der Waals surface area contributed by atoms with Crippen molar-refractivity contribution in [1.82, 2.24) is 15.0 Å². The van der Waals surface area contributed by atoms with Gasteiger partial charge in [-0.05, 0) is 79.7 Å². The number of benzene rings is 8. The Hall–Kier alpha value is -6.91. The highest BCUT2D eigenvalue weighted by Crippen LogP contribution is 2.50. The number of fused-ring (bicyclic) bond motifs is 8. The topological polar surface area (TPSA) is 51.8 Å². The molecule has 254 valence electrons. The SMILES string of the molecule is CC1(C)c2ccccc2-c2ccc(-c3nc(-c4ccccc4)nc(-c4ccc(-c5cccc6ccccc56)c5oc6cc7ccccc7cc6c45)n3)cc21. The van der Waals surface area contributed by atoms with E-state index in [1.165, 1.54) is 33.0 Å². The number of furan rings is 1. The van der Waals surface area contributed by atoms with Gasteiger partial charge in [-0.15, -0.1) is 0 Å². The second kappa shape index (κ2) is 11.5. The summed E-state index contributed by atoms with van der Waals surface area (Å²) >= 11 is 0. The second-order valence-electron chi connectivity index (χ2n) is 14.8. The van der Waals surface area contributed by atoms with E-state index in [-0.39, 0.29) is 5.41 Å². The molecule has 4 heteroatoms. The van der Waals surface area contributed by atoms with E-state index in [1.807, 2.05) is 18.2 Å². The van der Waals surface area contributed by atoms with Crippen molar-refractivity contribution in [3.05, 3.63) is 175 Å². The molecule has 0 unspecified atom stereocenters. The quantitative estimate of drug-likeness (QED) is 0.184. The van der Waals surface area contributed by atoms with Crippen LogP contribution in [0.3, 0.4) is 0 Å². The number of hydrogen-bond acceptors (Lipinski definition) is 4. The molecule has 11 rings (SSSR count). The molecule has 10 aromatic rings. The predicted molar refractivity (Wildman–Crippen MR) is 221 cm³/mol. The number of aromatic nitrogens is 3. The monoisotopic (exact) mass is 691 g/mol. The summed E-state index contributed by atoms with van der Waals surface area (Å²) in [5.74, 6) is 1.87. The van der Waals surface area contributed by atoms with Crippen LogP contribution < -0.4 is 0 Å². The van der Waals surface area contributed by atoms with Crippen LogP contribution in [0.1, 0.15) is 25.0 Å². The Morgan fingerprint density at radius 3 is 1.87 bits per heavy atom. The molecule has 54 heavy (non-hydrogen) atoms. The molecule has 0 aliphatic heterocycles. The fourth-order valence-corrected chi connectivity index (χ4v) is 8.61. The first-order valence-electron chi connectivity index (χ1n) is 18.4. The van der Waals surface area contributed by atoms with Crippen LogP contribution in [0, 0.1) is 0 Å².